The lowest BCUT2D eigenvalue weighted by atomic mass is 9.80. The Hall–Kier alpha value is -0.890. The standard InChI is InChI=1S/C14H18FN/c1-16-12-7-8-13(15)14(16,10-9-12)11-5-3-2-4-6-11/h2-6,12-13H,7-10H2,1H3/t12-,13?,14+/m1/s1. The van der Waals surface area contributed by atoms with Gasteiger partial charge in [-0.15, -0.1) is 0 Å². The third kappa shape index (κ3) is 1.20. The Bertz CT molecular complexity index is 378. The van der Waals surface area contributed by atoms with Gasteiger partial charge in [0.2, 0.25) is 0 Å². The third-order valence-electron chi connectivity index (χ3n) is 4.58. The summed E-state index contributed by atoms with van der Waals surface area (Å²) >= 11 is 0. The molecule has 0 aromatic heterocycles. The Balaban J connectivity index is 2.08. The highest BCUT2D eigenvalue weighted by Gasteiger charge is 2.53. The number of fused-ring (bicyclic) bond motifs is 2. The number of alkyl halides is 1. The third-order valence-corrected chi connectivity index (χ3v) is 4.58. The molecule has 2 heteroatoms. The van der Waals surface area contributed by atoms with E-state index in [9.17, 15) is 4.39 Å². The minimum atomic E-state index is -0.710. The molecule has 0 amide bonds. The van der Waals surface area contributed by atoms with Crippen molar-refractivity contribution < 1.29 is 4.39 Å². The summed E-state index contributed by atoms with van der Waals surface area (Å²) in [4.78, 5) is 2.29. The van der Waals surface area contributed by atoms with Gasteiger partial charge in [-0.25, -0.2) is 4.39 Å². The van der Waals surface area contributed by atoms with Crippen LogP contribution < -0.4 is 0 Å². The predicted molar refractivity (Wildman–Crippen MR) is 63.0 cm³/mol. The molecule has 2 fully saturated rings. The zero-order valence-electron chi connectivity index (χ0n) is 9.70. The van der Waals surface area contributed by atoms with Gasteiger partial charge in [-0.05, 0) is 38.3 Å². The first-order valence-corrected chi connectivity index (χ1v) is 6.17. The van der Waals surface area contributed by atoms with Gasteiger partial charge in [-0.3, -0.25) is 4.90 Å². The number of benzene rings is 1. The molecule has 0 saturated carbocycles. The summed E-state index contributed by atoms with van der Waals surface area (Å²) in [5.41, 5.74) is 0.830. The van der Waals surface area contributed by atoms with Crippen LogP contribution >= 0.6 is 0 Å². The zero-order valence-corrected chi connectivity index (χ0v) is 9.70. The number of nitrogens with zero attached hydrogens (tertiary/aromatic N) is 1. The fourth-order valence-corrected chi connectivity index (χ4v) is 3.63. The Labute approximate surface area is 96.3 Å². The van der Waals surface area contributed by atoms with Crippen molar-refractivity contribution in [1.29, 1.82) is 0 Å². The van der Waals surface area contributed by atoms with Crippen LogP contribution in [0.2, 0.25) is 0 Å². The molecule has 1 aromatic rings. The predicted octanol–water partition coefficient (Wildman–Crippen LogP) is 3.11. The second-order valence-electron chi connectivity index (χ2n) is 5.14. The highest BCUT2D eigenvalue weighted by atomic mass is 19.1. The van der Waals surface area contributed by atoms with Gasteiger partial charge in [0.25, 0.3) is 0 Å². The van der Waals surface area contributed by atoms with E-state index in [-0.39, 0.29) is 5.54 Å². The van der Waals surface area contributed by atoms with Gasteiger partial charge in [-0.2, -0.15) is 0 Å². The van der Waals surface area contributed by atoms with Crippen LogP contribution in [0.1, 0.15) is 31.2 Å². The molecule has 0 spiro atoms. The first kappa shape index (κ1) is 10.3. The monoisotopic (exact) mass is 219 g/mol. The van der Waals surface area contributed by atoms with Crippen molar-refractivity contribution in [2.75, 3.05) is 7.05 Å². The molecule has 16 heavy (non-hydrogen) atoms. The van der Waals surface area contributed by atoms with Crippen molar-refractivity contribution in [3.05, 3.63) is 35.9 Å². The average molecular weight is 219 g/mol. The van der Waals surface area contributed by atoms with E-state index in [1.807, 2.05) is 18.2 Å². The molecule has 2 aliphatic heterocycles. The van der Waals surface area contributed by atoms with Crippen molar-refractivity contribution in [2.45, 2.75) is 43.4 Å². The fraction of sp³-hybridized carbons (Fsp3) is 0.571. The Morgan fingerprint density at radius 2 is 1.94 bits per heavy atom. The van der Waals surface area contributed by atoms with Gasteiger partial charge in [-0.1, -0.05) is 30.3 Å². The lowest BCUT2D eigenvalue weighted by Crippen LogP contribution is -2.52. The quantitative estimate of drug-likeness (QED) is 0.701. The topological polar surface area (TPSA) is 3.24 Å². The van der Waals surface area contributed by atoms with Crippen LogP contribution in [0.4, 0.5) is 4.39 Å². The van der Waals surface area contributed by atoms with Gasteiger partial charge in [0, 0.05) is 6.04 Å². The maximum Gasteiger partial charge on any atom is 0.123 e. The first-order valence-electron chi connectivity index (χ1n) is 6.17. The normalized spacial score (nSPS) is 38.9. The largest absolute Gasteiger partial charge is 0.291 e. The van der Waals surface area contributed by atoms with Crippen LogP contribution in [0.15, 0.2) is 30.3 Å². The number of rotatable bonds is 1. The number of hydrogen-bond donors (Lipinski definition) is 0. The van der Waals surface area contributed by atoms with Crippen LogP contribution in [0.25, 0.3) is 0 Å². The second kappa shape index (κ2) is 3.56. The molecule has 3 rings (SSSR count). The maximum atomic E-state index is 14.4. The molecule has 1 aromatic carbocycles. The van der Waals surface area contributed by atoms with Crippen molar-refractivity contribution in [2.24, 2.45) is 0 Å². The molecular weight excluding hydrogens is 201 g/mol. The van der Waals surface area contributed by atoms with Gasteiger partial charge >= 0.3 is 0 Å². The van der Waals surface area contributed by atoms with Crippen molar-refractivity contribution in [3.8, 4) is 0 Å². The molecule has 0 aliphatic carbocycles. The number of hydrogen-bond acceptors (Lipinski definition) is 1. The molecule has 2 bridgehead atoms. The maximum absolute atomic E-state index is 14.4. The Kier molecular flexibility index (Phi) is 2.28. The van der Waals surface area contributed by atoms with Crippen molar-refractivity contribution in [1.82, 2.24) is 4.90 Å². The highest BCUT2D eigenvalue weighted by molar-refractivity contribution is 5.29. The van der Waals surface area contributed by atoms with E-state index in [1.165, 1.54) is 0 Å². The van der Waals surface area contributed by atoms with Crippen LogP contribution in [-0.2, 0) is 5.54 Å². The first-order chi connectivity index (χ1) is 7.75. The van der Waals surface area contributed by atoms with Crippen LogP contribution in [-0.4, -0.2) is 24.2 Å². The smallest absolute Gasteiger partial charge is 0.123 e. The SMILES string of the molecule is CN1[C@@H]2CCC(F)[C@@]1(c1ccccc1)CC2. The van der Waals surface area contributed by atoms with E-state index in [0.29, 0.717) is 6.04 Å². The minimum absolute atomic E-state index is 0.329. The molecule has 2 saturated heterocycles. The molecular formula is C14H18FN. The Morgan fingerprint density at radius 3 is 2.69 bits per heavy atom. The van der Waals surface area contributed by atoms with E-state index in [2.05, 4.69) is 24.1 Å². The molecule has 1 nitrogen and oxygen atoms in total. The minimum Gasteiger partial charge on any atom is -0.291 e. The van der Waals surface area contributed by atoms with E-state index in [1.54, 1.807) is 0 Å². The molecule has 2 heterocycles. The summed E-state index contributed by atoms with van der Waals surface area (Å²) in [5, 5.41) is 0. The van der Waals surface area contributed by atoms with Crippen LogP contribution in [0.5, 0.6) is 0 Å². The van der Waals surface area contributed by atoms with Crippen molar-refractivity contribution >= 4 is 0 Å². The summed E-state index contributed by atoms with van der Waals surface area (Å²) < 4.78 is 14.4. The molecule has 0 radical (unpaired) electrons. The summed E-state index contributed by atoms with van der Waals surface area (Å²) in [6.45, 7) is 0. The molecule has 1 unspecified atom stereocenters. The van der Waals surface area contributed by atoms with E-state index in [0.717, 1.165) is 31.2 Å². The number of halogens is 1. The fourth-order valence-electron chi connectivity index (χ4n) is 3.63. The summed E-state index contributed by atoms with van der Waals surface area (Å²) in [6.07, 6.45) is 3.15. The van der Waals surface area contributed by atoms with Crippen LogP contribution in [0.3, 0.4) is 0 Å². The number of piperidine rings is 1. The van der Waals surface area contributed by atoms with Gasteiger partial charge in [0.1, 0.15) is 6.17 Å². The summed E-state index contributed by atoms with van der Waals surface area (Å²) in [7, 11) is 2.09. The molecule has 0 N–H and O–H groups in total. The lowest BCUT2D eigenvalue weighted by molar-refractivity contribution is -0.000279. The highest BCUT2D eigenvalue weighted by Crippen LogP contribution is 2.50. The van der Waals surface area contributed by atoms with E-state index in [4.69, 9.17) is 0 Å². The summed E-state index contributed by atoms with van der Waals surface area (Å²) in [5.74, 6) is 0. The van der Waals surface area contributed by atoms with Gasteiger partial charge < -0.3 is 0 Å². The molecule has 2 aliphatic rings. The van der Waals surface area contributed by atoms with Gasteiger partial charge in [0.05, 0.1) is 5.54 Å². The molecule has 86 valence electrons. The van der Waals surface area contributed by atoms with E-state index >= 15 is 0 Å². The van der Waals surface area contributed by atoms with Crippen LogP contribution in [0, 0.1) is 0 Å². The molecule has 3 atom stereocenters. The average Bonchev–Trinajstić information content (AvgIpc) is 2.54. The zero-order chi connectivity index (χ0) is 11.2. The van der Waals surface area contributed by atoms with Gasteiger partial charge in [0.15, 0.2) is 0 Å². The summed E-state index contributed by atoms with van der Waals surface area (Å²) in [6, 6.07) is 10.8. The second-order valence-corrected chi connectivity index (χ2v) is 5.14. The van der Waals surface area contributed by atoms with E-state index < -0.39 is 6.17 Å². The van der Waals surface area contributed by atoms with Crippen molar-refractivity contribution in [3.63, 3.8) is 0 Å². The lowest BCUT2D eigenvalue weighted by Gasteiger charge is -2.45. The Morgan fingerprint density at radius 1 is 1.19 bits per heavy atom.